The van der Waals surface area contributed by atoms with Gasteiger partial charge in [0.25, 0.3) is 5.91 Å². The van der Waals surface area contributed by atoms with Gasteiger partial charge in [0.05, 0.1) is 14.2 Å². The fourth-order valence-electron chi connectivity index (χ4n) is 3.59. The lowest BCUT2D eigenvalue weighted by atomic mass is 10.1. The number of amides is 2. The molecule has 2 aromatic carbocycles. The SMILES string of the molecule is COc1ccc(CCC(=O)N2CCCN(C(=O)c3ccc(Cl)cc3)CC2)cc1OC. The first kappa shape index (κ1) is 22.0. The molecule has 1 saturated heterocycles. The Kier molecular flexibility index (Phi) is 7.57. The molecule has 0 spiro atoms. The number of benzene rings is 2. The lowest BCUT2D eigenvalue weighted by Gasteiger charge is -2.22. The molecule has 1 fully saturated rings. The molecule has 0 unspecified atom stereocenters. The van der Waals surface area contributed by atoms with Crippen molar-refractivity contribution >= 4 is 23.4 Å². The van der Waals surface area contributed by atoms with Crippen molar-refractivity contribution in [1.29, 1.82) is 0 Å². The summed E-state index contributed by atoms with van der Waals surface area (Å²) in [6.45, 7) is 2.38. The molecule has 1 aliphatic heterocycles. The van der Waals surface area contributed by atoms with Crippen molar-refractivity contribution in [1.82, 2.24) is 9.80 Å². The van der Waals surface area contributed by atoms with E-state index in [0.29, 0.717) is 61.1 Å². The Hall–Kier alpha value is -2.73. The van der Waals surface area contributed by atoms with Gasteiger partial charge in [0, 0.05) is 43.2 Å². The van der Waals surface area contributed by atoms with Crippen LogP contribution in [0.2, 0.25) is 5.02 Å². The van der Waals surface area contributed by atoms with Crippen molar-refractivity contribution in [3.8, 4) is 11.5 Å². The minimum atomic E-state index is -0.0220. The van der Waals surface area contributed by atoms with E-state index in [1.54, 1.807) is 38.5 Å². The minimum absolute atomic E-state index is 0.0220. The number of aryl methyl sites for hydroxylation is 1. The molecule has 1 heterocycles. The fourth-order valence-corrected chi connectivity index (χ4v) is 3.72. The molecule has 3 rings (SSSR count). The Bertz CT molecular complexity index is 885. The maximum absolute atomic E-state index is 12.7. The standard InChI is InChI=1S/C23H27ClN2O4/c1-29-20-10-4-17(16-21(20)30-2)5-11-22(27)25-12-3-13-26(15-14-25)23(28)18-6-8-19(24)9-7-18/h4,6-10,16H,3,5,11-15H2,1-2H3. The van der Waals surface area contributed by atoms with Crippen LogP contribution in [0.5, 0.6) is 11.5 Å². The second kappa shape index (κ2) is 10.3. The molecule has 7 heteroatoms. The minimum Gasteiger partial charge on any atom is -0.493 e. The average Bonchev–Trinajstić information content (AvgIpc) is 3.03. The van der Waals surface area contributed by atoms with Crippen LogP contribution < -0.4 is 9.47 Å². The zero-order chi connectivity index (χ0) is 21.5. The summed E-state index contributed by atoms with van der Waals surface area (Å²) in [5, 5.41) is 0.605. The topological polar surface area (TPSA) is 59.1 Å². The highest BCUT2D eigenvalue weighted by atomic mass is 35.5. The Balaban J connectivity index is 1.54. The van der Waals surface area contributed by atoms with Gasteiger partial charge in [-0.25, -0.2) is 0 Å². The monoisotopic (exact) mass is 430 g/mol. The molecule has 6 nitrogen and oxygen atoms in total. The average molecular weight is 431 g/mol. The van der Waals surface area contributed by atoms with Gasteiger partial charge in [0.2, 0.25) is 5.91 Å². The van der Waals surface area contributed by atoms with Gasteiger partial charge in [-0.3, -0.25) is 9.59 Å². The summed E-state index contributed by atoms with van der Waals surface area (Å²) in [5.74, 6) is 1.41. The third kappa shape index (κ3) is 5.45. The van der Waals surface area contributed by atoms with E-state index in [-0.39, 0.29) is 11.8 Å². The predicted octanol–water partition coefficient (Wildman–Crippen LogP) is 3.66. The number of carbonyl (C=O) groups excluding carboxylic acids is 2. The van der Waals surface area contributed by atoms with E-state index in [0.717, 1.165) is 12.0 Å². The summed E-state index contributed by atoms with van der Waals surface area (Å²) in [7, 11) is 3.20. The molecule has 0 aromatic heterocycles. The highest BCUT2D eigenvalue weighted by Gasteiger charge is 2.22. The van der Waals surface area contributed by atoms with Gasteiger partial charge in [-0.15, -0.1) is 0 Å². The summed E-state index contributed by atoms with van der Waals surface area (Å²) in [6.07, 6.45) is 1.81. The quantitative estimate of drug-likeness (QED) is 0.701. The van der Waals surface area contributed by atoms with Crippen LogP contribution in [0.4, 0.5) is 0 Å². The van der Waals surface area contributed by atoms with Crippen LogP contribution in [0.15, 0.2) is 42.5 Å². The number of carbonyl (C=O) groups is 2. The number of hydrogen-bond donors (Lipinski definition) is 0. The van der Waals surface area contributed by atoms with Crippen LogP contribution in [0.25, 0.3) is 0 Å². The van der Waals surface area contributed by atoms with Crippen LogP contribution in [0.1, 0.15) is 28.8 Å². The Labute approximate surface area is 182 Å². The Morgan fingerprint density at radius 2 is 1.57 bits per heavy atom. The van der Waals surface area contributed by atoms with Gasteiger partial charge in [-0.05, 0) is 54.8 Å². The smallest absolute Gasteiger partial charge is 0.253 e. The summed E-state index contributed by atoms with van der Waals surface area (Å²) in [6, 6.07) is 12.6. The number of rotatable bonds is 6. The van der Waals surface area contributed by atoms with Crippen LogP contribution in [-0.4, -0.2) is 62.0 Å². The summed E-state index contributed by atoms with van der Waals surface area (Å²) in [4.78, 5) is 29.1. The highest BCUT2D eigenvalue weighted by Crippen LogP contribution is 2.28. The third-order valence-electron chi connectivity index (χ3n) is 5.30. The summed E-state index contributed by atoms with van der Waals surface area (Å²) < 4.78 is 10.6. The van der Waals surface area contributed by atoms with Gasteiger partial charge >= 0.3 is 0 Å². The molecule has 0 radical (unpaired) electrons. The van der Waals surface area contributed by atoms with Gasteiger partial charge < -0.3 is 19.3 Å². The number of hydrogen-bond acceptors (Lipinski definition) is 4. The van der Waals surface area contributed by atoms with Crippen LogP contribution in [0.3, 0.4) is 0 Å². The van der Waals surface area contributed by atoms with Crippen molar-refractivity contribution in [2.45, 2.75) is 19.3 Å². The van der Waals surface area contributed by atoms with E-state index in [9.17, 15) is 9.59 Å². The van der Waals surface area contributed by atoms with Crippen LogP contribution >= 0.6 is 11.6 Å². The van der Waals surface area contributed by atoms with Crippen molar-refractivity contribution in [3.05, 3.63) is 58.6 Å². The third-order valence-corrected chi connectivity index (χ3v) is 5.55. The summed E-state index contributed by atoms with van der Waals surface area (Å²) >= 11 is 5.91. The molecule has 0 saturated carbocycles. The molecule has 2 aromatic rings. The predicted molar refractivity (Wildman–Crippen MR) is 116 cm³/mol. The Morgan fingerprint density at radius 3 is 2.27 bits per heavy atom. The number of ether oxygens (including phenoxy) is 2. The van der Waals surface area contributed by atoms with Gasteiger partial charge in [0.1, 0.15) is 0 Å². The molecule has 2 amide bonds. The molecular formula is C23H27ClN2O4. The molecule has 1 aliphatic rings. The van der Waals surface area contributed by atoms with Crippen molar-refractivity contribution in [2.24, 2.45) is 0 Å². The lowest BCUT2D eigenvalue weighted by Crippen LogP contribution is -2.37. The highest BCUT2D eigenvalue weighted by molar-refractivity contribution is 6.30. The van der Waals surface area contributed by atoms with Gasteiger partial charge in [-0.1, -0.05) is 17.7 Å². The van der Waals surface area contributed by atoms with E-state index in [2.05, 4.69) is 0 Å². The zero-order valence-corrected chi connectivity index (χ0v) is 18.2. The van der Waals surface area contributed by atoms with E-state index in [4.69, 9.17) is 21.1 Å². The number of methoxy groups -OCH3 is 2. The van der Waals surface area contributed by atoms with Crippen molar-refractivity contribution in [3.63, 3.8) is 0 Å². The molecular weight excluding hydrogens is 404 g/mol. The van der Waals surface area contributed by atoms with Gasteiger partial charge in [-0.2, -0.15) is 0 Å². The summed E-state index contributed by atoms with van der Waals surface area (Å²) in [5.41, 5.74) is 1.64. The van der Waals surface area contributed by atoms with E-state index < -0.39 is 0 Å². The number of nitrogens with zero attached hydrogens (tertiary/aromatic N) is 2. The maximum Gasteiger partial charge on any atom is 0.253 e. The van der Waals surface area contributed by atoms with E-state index >= 15 is 0 Å². The lowest BCUT2D eigenvalue weighted by molar-refractivity contribution is -0.131. The molecule has 30 heavy (non-hydrogen) atoms. The van der Waals surface area contributed by atoms with Crippen LogP contribution in [-0.2, 0) is 11.2 Å². The Morgan fingerprint density at radius 1 is 0.900 bits per heavy atom. The fraction of sp³-hybridized carbons (Fsp3) is 0.391. The van der Waals surface area contributed by atoms with Gasteiger partial charge in [0.15, 0.2) is 11.5 Å². The first-order valence-corrected chi connectivity index (χ1v) is 10.4. The van der Waals surface area contributed by atoms with Crippen molar-refractivity contribution in [2.75, 3.05) is 40.4 Å². The van der Waals surface area contributed by atoms with E-state index in [1.165, 1.54) is 0 Å². The normalized spacial score (nSPS) is 14.2. The molecule has 0 bridgehead atoms. The first-order chi connectivity index (χ1) is 14.5. The van der Waals surface area contributed by atoms with Crippen molar-refractivity contribution < 1.29 is 19.1 Å². The maximum atomic E-state index is 12.7. The number of halogens is 1. The second-order valence-electron chi connectivity index (χ2n) is 7.22. The molecule has 0 N–H and O–H groups in total. The molecule has 0 aliphatic carbocycles. The van der Waals surface area contributed by atoms with Crippen LogP contribution in [0, 0.1) is 0 Å². The molecule has 0 atom stereocenters. The van der Waals surface area contributed by atoms with E-state index in [1.807, 2.05) is 28.0 Å². The molecule has 160 valence electrons. The second-order valence-corrected chi connectivity index (χ2v) is 7.66. The first-order valence-electron chi connectivity index (χ1n) is 10.1. The zero-order valence-electron chi connectivity index (χ0n) is 17.4. The largest absolute Gasteiger partial charge is 0.493 e.